The molecule has 3 nitrogen and oxygen atoms in total. The summed E-state index contributed by atoms with van der Waals surface area (Å²) < 4.78 is 0. The lowest BCUT2D eigenvalue weighted by molar-refractivity contribution is 1.00. The lowest BCUT2D eigenvalue weighted by atomic mass is 10.4. The van der Waals surface area contributed by atoms with E-state index in [9.17, 15) is 0 Å². The van der Waals surface area contributed by atoms with Gasteiger partial charge in [-0.05, 0) is 25.7 Å². The number of aromatic amines is 1. The molecule has 14 heavy (non-hydrogen) atoms. The van der Waals surface area contributed by atoms with Gasteiger partial charge in [0, 0.05) is 5.69 Å². The van der Waals surface area contributed by atoms with Crippen LogP contribution in [-0.2, 0) is 0 Å². The molecular formula is C10H13N3S. The summed E-state index contributed by atoms with van der Waals surface area (Å²) in [6.07, 6.45) is 0. The molecule has 0 aromatic carbocycles. The highest BCUT2D eigenvalue weighted by Crippen LogP contribution is 2.25. The summed E-state index contributed by atoms with van der Waals surface area (Å²) in [6.45, 7) is 6.10. The largest absolute Gasteiger partial charge is 0.343 e. The van der Waals surface area contributed by atoms with Crippen LogP contribution in [0.3, 0.4) is 0 Å². The summed E-state index contributed by atoms with van der Waals surface area (Å²) in [5, 5.41) is 2.22. The lowest BCUT2D eigenvalue weighted by Gasteiger charge is -2.00. The molecular weight excluding hydrogens is 194 g/mol. The maximum atomic E-state index is 4.44. The fourth-order valence-electron chi connectivity index (χ4n) is 1.47. The van der Waals surface area contributed by atoms with E-state index in [0.717, 1.165) is 33.3 Å². The van der Waals surface area contributed by atoms with Gasteiger partial charge in [0.2, 0.25) is 0 Å². The van der Waals surface area contributed by atoms with Gasteiger partial charge in [-0.3, -0.25) is 0 Å². The second-order valence-corrected chi connectivity index (χ2v) is 4.48. The van der Waals surface area contributed by atoms with Gasteiger partial charge in [0.15, 0.2) is 0 Å². The first kappa shape index (κ1) is 9.52. The van der Waals surface area contributed by atoms with Crippen molar-refractivity contribution in [3.05, 3.63) is 17.6 Å². The van der Waals surface area contributed by atoms with Crippen LogP contribution in [0.25, 0.3) is 11.0 Å². The van der Waals surface area contributed by atoms with Crippen molar-refractivity contribution in [2.24, 2.45) is 0 Å². The van der Waals surface area contributed by atoms with Crippen LogP contribution >= 0.6 is 11.8 Å². The second kappa shape index (κ2) is 3.61. The molecule has 0 radical (unpaired) electrons. The molecule has 0 bridgehead atoms. The third kappa shape index (κ3) is 1.62. The number of thioether (sulfide) groups is 1. The van der Waals surface area contributed by atoms with Crippen molar-refractivity contribution in [1.82, 2.24) is 15.0 Å². The fourth-order valence-corrected chi connectivity index (χ4v) is 2.25. The van der Waals surface area contributed by atoms with Gasteiger partial charge in [-0.25, -0.2) is 9.97 Å². The first-order chi connectivity index (χ1) is 6.70. The Kier molecular flexibility index (Phi) is 2.46. The minimum absolute atomic E-state index is 0.829. The molecule has 0 amide bonds. The molecule has 0 saturated heterocycles. The highest BCUT2D eigenvalue weighted by molar-refractivity contribution is 7.99. The van der Waals surface area contributed by atoms with Crippen molar-refractivity contribution < 1.29 is 0 Å². The van der Waals surface area contributed by atoms with Crippen molar-refractivity contribution in [3.63, 3.8) is 0 Å². The van der Waals surface area contributed by atoms with Crippen LogP contribution in [0.15, 0.2) is 11.1 Å². The molecule has 0 aliphatic carbocycles. The van der Waals surface area contributed by atoms with E-state index in [1.54, 1.807) is 11.8 Å². The quantitative estimate of drug-likeness (QED) is 0.608. The Balaban J connectivity index is 2.66. The van der Waals surface area contributed by atoms with Crippen molar-refractivity contribution in [3.8, 4) is 0 Å². The average Bonchev–Trinajstić information content (AvgIpc) is 2.45. The molecule has 2 aromatic rings. The smallest absolute Gasteiger partial charge is 0.142 e. The third-order valence-electron chi connectivity index (χ3n) is 1.98. The zero-order valence-corrected chi connectivity index (χ0v) is 9.40. The molecule has 2 rings (SSSR count). The molecule has 74 valence electrons. The van der Waals surface area contributed by atoms with Crippen molar-refractivity contribution in [1.29, 1.82) is 0 Å². The zero-order chi connectivity index (χ0) is 10.1. The number of rotatable bonds is 2. The standard InChI is InChI=1S/C10H13N3S/c1-4-14-10-8-5-6(2)11-9(8)12-7(3)13-10/h5H,4H2,1-3H3,(H,11,12,13). The molecule has 0 fully saturated rings. The van der Waals surface area contributed by atoms with E-state index in [1.807, 2.05) is 13.8 Å². The van der Waals surface area contributed by atoms with Crippen LogP contribution in [0.1, 0.15) is 18.4 Å². The Morgan fingerprint density at radius 1 is 1.36 bits per heavy atom. The van der Waals surface area contributed by atoms with E-state index in [4.69, 9.17) is 0 Å². The summed E-state index contributed by atoms with van der Waals surface area (Å²) in [6, 6.07) is 2.10. The van der Waals surface area contributed by atoms with Gasteiger partial charge in [0.05, 0.1) is 5.39 Å². The van der Waals surface area contributed by atoms with Gasteiger partial charge in [-0.15, -0.1) is 11.8 Å². The number of nitrogens with one attached hydrogen (secondary N) is 1. The van der Waals surface area contributed by atoms with E-state index < -0.39 is 0 Å². The van der Waals surface area contributed by atoms with E-state index in [1.165, 1.54) is 0 Å². The van der Waals surface area contributed by atoms with Crippen LogP contribution in [-0.4, -0.2) is 20.7 Å². The SMILES string of the molecule is CCSc1nc(C)nc2[nH]c(C)cc12. The summed E-state index contributed by atoms with van der Waals surface area (Å²) in [4.78, 5) is 12.0. The Morgan fingerprint density at radius 3 is 2.86 bits per heavy atom. The molecule has 0 saturated carbocycles. The minimum atomic E-state index is 0.829. The van der Waals surface area contributed by atoms with Gasteiger partial charge in [0.25, 0.3) is 0 Å². The average molecular weight is 207 g/mol. The van der Waals surface area contributed by atoms with E-state index in [-0.39, 0.29) is 0 Å². The normalized spacial score (nSPS) is 11.1. The third-order valence-corrected chi connectivity index (χ3v) is 2.85. The fraction of sp³-hybridized carbons (Fsp3) is 0.400. The molecule has 0 unspecified atom stereocenters. The summed E-state index contributed by atoms with van der Waals surface area (Å²) >= 11 is 1.76. The molecule has 0 atom stereocenters. The Morgan fingerprint density at radius 2 is 2.14 bits per heavy atom. The molecule has 4 heteroatoms. The molecule has 0 aliphatic rings. The number of aryl methyl sites for hydroxylation is 2. The van der Waals surface area contributed by atoms with Crippen molar-refractivity contribution in [2.45, 2.75) is 25.8 Å². The molecule has 2 heterocycles. The Labute approximate surface area is 87.3 Å². The summed E-state index contributed by atoms with van der Waals surface area (Å²) in [7, 11) is 0. The van der Waals surface area contributed by atoms with Gasteiger partial charge in [-0.1, -0.05) is 6.92 Å². The number of hydrogen-bond donors (Lipinski definition) is 1. The first-order valence-electron chi connectivity index (χ1n) is 4.67. The van der Waals surface area contributed by atoms with Crippen molar-refractivity contribution >= 4 is 22.8 Å². The molecule has 2 aromatic heterocycles. The highest BCUT2D eigenvalue weighted by Gasteiger charge is 2.07. The van der Waals surface area contributed by atoms with Crippen LogP contribution in [0.5, 0.6) is 0 Å². The Hall–Kier alpha value is -1.03. The predicted molar refractivity (Wildman–Crippen MR) is 59.8 cm³/mol. The minimum Gasteiger partial charge on any atom is -0.343 e. The van der Waals surface area contributed by atoms with E-state index in [0.29, 0.717) is 0 Å². The van der Waals surface area contributed by atoms with E-state index in [2.05, 4.69) is 27.9 Å². The number of H-pyrrole nitrogens is 1. The van der Waals surface area contributed by atoms with Crippen LogP contribution in [0.4, 0.5) is 0 Å². The predicted octanol–water partition coefficient (Wildman–Crippen LogP) is 2.69. The van der Waals surface area contributed by atoms with Gasteiger partial charge < -0.3 is 4.98 Å². The number of hydrogen-bond acceptors (Lipinski definition) is 3. The highest BCUT2D eigenvalue weighted by atomic mass is 32.2. The van der Waals surface area contributed by atoms with Crippen LogP contribution < -0.4 is 0 Å². The van der Waals surface area contributed by atoms with Gasteiger partial charge in [-0.2, -0.15) is 0 Å². The maximum absolute atomic E-state index is 4.44. The van der Waals surface area contributed by atoms with Gasteiger partial charge in [0.1, 0.15) is 16.5 Å². The second-order valence-electron chi connectivity index (χ2n) is 3.22. The number of fused-ring (bicyclic) bond motifs is 1. The monoisotopic (exact) mass is 207 g/mol. The number of nitrogens with zero attached hydrogens (tertiary/aromatic N) is 2. The van der Waals surface area contributed by atoms with Crippen LogP contribution in [0, 0.1) is 13.8 Å². The lowest BCUT2D eigenvalue weighted by Crippen LogP contribution is -1.91. The first-order valence-corrected chi connectivity index (χ1v) is 5.66. The van der Waals surface area contributed by atoms with Crippen LogP contribution in [0.2, 0.25) is 0 Å². The maximum Gasteiger partial charge on any atom is 0.142 e. The molecule has 0 aliphatic heterocycles. The summed E-state index contributed by atoms with van der Waals surface area (Å²) in [5.41, 5.74) is 2.09. The summed E-state index contributed by atoms with van der Waals surface area (Å²) in [5.74, 6) is 1.87. The van der Waals surface area contributed by atoms with Gasteiger partial charge >= 0.3 is 0 Å². The zero-order valence-electron chi connectivity index (χ0n) is 8.59. The number of aromatic nitrogens is 3. The topological polar surface area (TPSA) is 41.6 Å². The van der Waals surface area contributed by atoms with Crippen molar-refractivity contribution in [2.75, 3.05) is 5.75 Å². The molecule has 0 spiro atoms. The van der Waals surface area contributed by atoms with E-state index >= 15 is 0 Å². The molecule has 1 N–H and O–H groups in total. The Bertz CT molecular complexity index is 462.